The summed E-state index contributed by atoms with van der Waals surface area (Å²) >= 11 is 0. The van der Waals surface area contributed by atoms with Crippen molar-refractivity contribution in [2.75, 3.05) is 27.4 Å². The van der Waals surface area contributed by atoms with Crippen LogP contribution in [0.3, 0.4) is 0 Å². The number of hydrogen-bond donors (Lipinski definition) is 0. The van der Waals surface area contributed by atoms with Crippen molar-refractivity contribution in [3.05, 3.63) is 89.5 Å². The first-order chi connectivity index (χ1) is 18.5. The van der Waals surface area contributed by atoms with Crippen LogP contribution in [0.15, 0.2) is 78.4 Å². The molecule has 0 spiro atoms. The third kappa shape index (κ3) is 6.37. The van der Waals surface area contributed by atoms with Gasteiger partial charge in [0.1, 0.15) is 17.1 Å². The second-order valence-electron chi connectivity index (χ2n) is 7.92. The molecule has 4 aromatic rings. The van der Waals surface area contributed by atoms with Crippen LogP contribution in [0.2, 0.25) is 0 Å². The number of carbonyl (C=O) groups excluding carboxylic acids is 3. The second kappa shape index (κ2) is 13.6. The predicted octanol–water partition coefficient (Wildman–Crippen LogP) is 6.02. The molecule has 0 heterocycles. The lowest BCUT2D eigenvalue weighted by molar-refractivity contribution is -0.146. The standard InChI is InChI=1S/C19H20O5.C12H10O2/c1-4-23-18(20)16(19(21)24-5-2)12-15-14-9-7-6-8-13(14)10-11-17(15)22-3;1-14-12-7-6-9-4-2-3-5-10(9)11(12)8-13/h6-12H,4-5H2,1-3H3;2-8H,1H3. The summed E-state index contributed by atoms with van der Waals surface area (Å²) in [5.41, 5.74) is 1.09. The molecule has 0 N–H and O–H groups in total. The van der Waals surface area contributed by atoms with Crippen molar-refractivity contribution in [1.29, 1.82) is 0 Å². The molecule has 0 aliphatic heterocycles. The van der Waals surface area contributed by atoms with Gasteiger partial charge in [-0.3, -0.25) is 4.79 Å². The molecule has 0 fully saturated rings. The Bertz CT molecular complexity index is 1450. The lowest BCUT2D eigenvalue weighted by Crippen LogP contribution is -2.18. The summed E-state index contributed by atoms with van der Waals surface area (Å²) in [6, 6.07) is 22.9. The lowest BCUT2D eigenvalue weighted by Gasteiger charge is -2.11. The predicted molar refractivity (Wildman–Crippen MR) is 148 cm³/mol. The Labute approximate surface area is 221 Å². The first kappa shape index (κ1) is 27.9. The SMILES string of the molecule is CCOC(=O)C(=Cc1c(OC)ccc2ccccc12)C(=O)OCC.COc1ccc2ccccc2c1C=O. The number of ether oxygens (including phenoxy) is 4. The fraction of sp³-hybridized carbons (Fsp3) is 0.194. The molecular formula is C31H30O7. The maximum Gasteiger partial charge on any atom is 0.345 e. The van der Waals surface area contributed by atoms with E-state index in [-0.39, 0.29) is 18.8 Å². The zero-order valence-corrected chi connectivity index (χ0v) is 21.9. The number of esters is 2. The Morgan fingerprint density at radius 2 is 1.11 bits per heavy atom. The molecular weight excluding hydrogens is 484 g/mol. The molecule has 0 bridgehead atoms. The smallest absolute Gasteiger partial charge is 0.345 e. The average molecular weight is 515 g/mol. The number of fused-ring (bicyclic) bond motifs is 2. The van der Waals surface area contributed by atoms with Gasteiger partial charge in [0, 0.05) is 5.56 Å². The molecule has 4 rings (SSSR count). The molecule has 0 aliphatic rings. The van der Waals surface area contributed by atoms with Crippen LogP contribution in [-0.2, 0) is 19.1 Å². The number of hydrogen-bond acceptors (Lipinski definition) is 7. The molecule has 0 saturated carbocycles. The van der Waals surface area contributed by atoms with Crippen molar-refractivity contribution in [1.82, 2.24) is 0 Å². The number of benzene rings is 4. The van der Waals surface area contributed by atoms with E-state index in [4.69, 9.17) is 18.9 Å². The monoisotopic (exact) mass is 514 g/mol. The minimum Gasteiger partial charge on any atom is -0.496 e. The summed E-state index contributed by atoms with van der Waals surface area (Å²) in [6.07, 6.45) is 2.30. The van der Waals surface area contributed by atoms with Gasteiger partial charge in [-0.2, -0.15) is 0 Å². The van der Waals surface area contributed by atoms with Crippen LogP contribution < -0.4 is 9.47 Å². The van der Waals surface area contributed by atoms with Crippen LogP contribution in [0.4, 0.5) is 0 Å². The van der Waals surface area contributed by atoms with E-state index in [0.29, 0.717) is 22.6 Å². The highest BCUT2D eigenvalue weighted by atomic mass is 16.6. The van der Waals surface area contributed by atoms with Crippen LogP contribution in [0.1, 0.15) is 29.8 Å². The third-order valence-corrected chi connectivity index (χ3v) is 5.70. The van der Waals surface area contributed by atoms with E-state index in [1.54, 1.807) is 27.0 Å². The molecule has 38 heavy (non-hydrogen) atoms. The van der Waals surface area contributed by atoms with E-state index in [2.05, 4.69) is 0 Å². The second-order valence-corrected chi connectivity index (χ2v) is 7.92. The van der Waals surface area contributed by atoms with Crippen molar-refractivity contribution in [2.45, 2.75) is 13.8 Å². The summed E-state index contributed by atoms with van der Waals surface area (Å²) in [5.74, 6) is -0.254. The highest BCUT2D eigenvalue weighted by Gasteiger charge is 2.22. The maximum atomic E-state index is 12.2. The number of carbonyl (C=O) groups is 3. The molecule has 7 nitrogen and oxygen atoms in total. The summed E-state index contributed by atoms with van der Waals surface area (Å²) in [6.45, 7) is 3.70. The number of methoxy groups -OCH3 is 2. The van der Waals surface area contributed by atoms with Gasteiger partial charge in [-0.1, -0.05) is 60.7 Å². The molecule has 0 aromatic heterocycles. The Morgan fingerprint density at radius 3 is 1.55 bits per heavy atom. The molecule has 0 amide bonds. The first-order valence-corrected chi connectivity index (χ1v) is 12.1. The van der Waals surface area contributed by atoms with Gasteiger partial charge in [0.05, 0.1) is 33.0 Å². The van der Waals surface area contributed by atoms with E-state index in [0.717, 1.165) is 27.8 Å². The molecule has 7 heteroatoms. The fourth-order valence-electron chi connectivity index (χ4n) is 3.94. The Hall–Kier alpha value is -4.65. The van der Waals surface area contributed by atoms with Gasteiger partial charge >= 0.3 is 11.9 Å². The average Bonchev–Trinajstić information content (AvgIpc) is 2.95. The molecule has 0 saturated heterocycles. The summed E-state index contributed by atoms with van der Waals surface area (Å²) in [5, 5.41) is 3.82. The molecule has 4 aromatic carbocycles. The normalized spacial score (nSPS) is 10.1. The third-order valence-electron chi connectivity index (χ3n) is 5.70. The lowest BCUT2D eigenvalue weighted by atomic mass is 10.0. The minimum absolute atomic E-state index is 0.159. The van der Waals surface area contributed by atoms with Gasteiger partial charge in [0.15, 0.2) is 6.29 Å². The summed E-state index contributed by atoms with van der Waals surface area (Å²) < 4.78 is 20.5. The van der Waals surface area contributed by atoms with Crippen molar-refractivity contribution in [3.63, 3.8) is 0 Å². The van der Waals surface area contributed by atoms with E-state index >= 15 is 0 Å². The zero-order chi connectivity index (χ0) is 27.5. The van der Waals surface area contributed by atoms with Crippen LogP contribution in [0, 0.1) is 0 Å². The molecule has 196 valence electrons. The Morgan fingerprint density at radius 1 is 0.658 bits per heavy atom. The number of rotatable bonds is 8. The van der Waals surface area contributed by atoms with E-state index in [9.17, 15) is 14.4 Å². The van der Waals surface area contributed by atoms with Crippen LogP contribution >= 0.6 is 0 Å². The fourth-order valence-corrected chi connectivity index (χ4v) is 3.94. The van der Waals surface area contributed by atoms with Gasteiger partial charge < -0.3 is 18.9 Å². The summed E-state index contributed by atoms with van der Waals surface area (Å²) in [4.78, 5) is 35.3. The van der Waals surface area contributed by atoms with Crippen molar-refractivity contribution >= 4 is 45.8 Å². The highest BCUT2D eigenvalue weighted by molar-refractivity contribution is 6.18. The molecule has 0 atom stereocenters. The summed E-state index contributed by atoms with van der Waals surface area (Å²) in [7, 11) is 3.10. The first-order valence-electron chi connectivity index (χ1n) is 12.1. The highest BCUT2D eigenvalue weighted by Crippen LogP contribution is 2.30. The van der Waals surface area contributed by atoms with E-state index in [1.165, 1.54) is 13.2 Å². The topological polar surface area (TPSA) is 88.1 Å². The van der Waals surface area contributed by atoms with Gasteiger partial charge in [-0.15, -0.1) is 0 Å². The van der Waals surface area contributed by atoms with Gasteiger partial charge in [0.25, 0.3) is 0 Å². The van der Waals surface area contributed by atoms with Crippen LogP contribution in [-0.4, -0.2) is 45.7 Å². The Kier molecular flexibility index (Phi) is 10.00. The number of aldehydes is 1. The largest absolute Gasteiger partial charge is 0.496 e. The van der Waals surface area contributed by atoms with Gasteiger partial charge in [-0.05, 0) is 53.6 Å². The minimum atomic E-state index is -0.717. The van der Waals surface area contributed by atoms with Crippen molar-refractivity contribution in [3.8, 4) is 11.5 Å². The quantitative estimate of drug-likeness (QED) is 0.0934. The Balaban J connectivity index is 0.000000241. The van der Waals surface area contributed by atoms with Crippen molar-refractivity contribution in [2.24, 2.45) is 0 Å². The van der Waals surface area contributed by atoms with E-state index < -0.39 is 11.9 Å². The molecule has 0 aliphatic carbocycles. The molecule has 0 radical (unpaired) electrons. The van der Waals surface area contributed by atoms with Crippen LogP contribution in [0.25, 0.3) is 27.6 Å². The zero-order valence-electron chi connectivity index (χ0n) is 21.9. The van der Waals surface area contributed by atoms with Crippen molar-refractivity contribution < 1.29 is 33.3 Å². The van der Waals surface area contributed by atoms with Crippen LogP contribution in [0.5, 0.6) is 11.5 Å². The van der Waals surface area contributed by atoms with Gasteiger partial charge in [-0.25, -0.2) is 9.59 Å². The maximum absolute atomic E-state index is 12.2. The molecule has 0 unspecified atom stereocenters. The van der Waals surface area contributed by atoms with E-state index in [1.807, 2.05) is 66.7 Å². The van der Waals surface area contributed by atoms with Gasteiger partial charge in [0.2, 0.25) is 0 Å².